The molecule has 0 spiro atoms. The van der Waals surface area contributed by atoms with Gasteiger partial charge in [-0.1, -0.05) is 21.6 Å². The van der Waals surface area contributed by atoms with Crippen LogP contribution in [0.4, 0.5) is 17.2 Å². The Balaban J connectivity index is 0.984. The first kappa shape index (κ1) is 39.5. The maximum Gasteiger partial charge on any atom is 0.333 e. The predicted molar refractivity (Wildman–Crippen MR) is 202 cm³/mol. The number of Topliss-reactive ketones (excluding diaryl/α,β-unsaturated/α-hetero) is 1. The number of carbonyl (C=O) groups excluding carboxylic acids is 5. The maximum atomic E-state index is 13.3. The van der Waals surface area contributed by atoms with Crippen LogP contribution in [0.15, 0.2) is 48.9 Å². The van der Waals surface area contributed by atoms with E-state index in [0.717, 1.165) is 23.4 Å². The Morgan fingerprint density at radius 2 is 1.66 bits per heavy atom. The van der Waals surface area contributed by atoms with E-state index >= 15 is 0 Å². The van der Waals surface area contributed by atoms with Crippen LogP contribution in [0.2, 0.25) is 0 Å². The first-order valence-corrected chi connectivity index (χ1v) is 20.0. The summed E-state index contributed by atoms with van der Waals surface area (Å²) in [7, 11) is 3.25. The number of ketones is 1. The Morgan fingerprint density at radius 1 is 0.962 bits per heavy atom. The number of benzene rings is 1. The highest BCUT2D eigenvalue weighted by atomic mass is 33.1. The van der Waals surface area contributed by atoms with Crippen molar-refractivity contribution in [3.63, 3.8) is 0 Å². The van der Waals surface area contributed by atoms with Crippen molar-refractivity contribution in [2.45, 2.75) is 64.4 Å². The van der Waals surface area contributed by atoms with Crippen molar-refractivity contribution in [3.05, 3.63) is 54.6 Å². The van der Waals surface area contributed by atoms with Crippen LogP contribution < -0.4 is 20.7 Å². The van der Waals surface area contributed by atoms with Crippen LogP contribution >= 0.6 is 21.6 Å². The molecule has 0 aliphatic carbocycles. The summed E-state index contributed by atoms with van der Waals surface area (Å²) in [5.74, 6) is 0.291. The van der Waals surface area contributed by atoms with E-state index < -0.39 is 23.7 Å². The lowest BCUT2D eigenvalue weighted by molar-refractivity contribution is -0.197. The summed E-state index contributed by atoms with van der Waals surface area (Å²) in [5, 5.41) is 3.46. The number of hydrogen-bond acceptors (Lipinski definition) is 15. The van der Waals surface area contributed by atoms with Gasteiger partial charge in [-0.2, -0.15) is 0 Å². The Morgan fingerprint density at radius 3 is 2.38 bits per heavy atom. The molecule has 3 N–H and O–H groups in total. The number of nitrogens with one attached hydrogen (secondary N) is 1. The van der Waals surface area contributed by atoms with E-state index in [1.165, 1.54) is 6.20 Å². The van der Waals surface area contributed by atoms with Gasteiger partial charge in [-0.25, -0.2) is 14.8 Å². The van der Waals surface area contributed by atoms with Crippen LogP contribution in [0.1, 0.15) is 68.8 Å². The third-order valence-electron chi connectivity index (χ3n) is 8.31. The molecule has 3 aromatic rings. The van der Waals surface area contributed by atoms with Crippen molar-refractivity contribution >= 4 is 68.3 Å². The van der Waals surface area contributed by atoms with Crippen molar-refractivity contribution in [3.8, 4) is 17.0 Å². The number of imide groups is 1. The molecule has 3 amide bonds. The molecule has 0 radical (unpaired) electrons. The molecule has 2 aliphatic heterocycles. The molecule has 0 bridgehead atoms. The Hall–Kier alpha value is -4.74. The highest BCUT2D eigenvalue weighted by Crippen LogP contribution is 2.28. The minimum Gasteiger partial charge on any atom is -0.491 e. The molecule has 282 valence electrons. The summed E-state index contributed by atoms with van der Waals surface area (Å²) in [6.07, 6.45) is 7.68. The summed E-state index contributed by atoms with van der Waals surface area (Å²) in [6.45, 7) is 4.53. The fraction of sp³-hybridized carbons (Fsp3) is 0.444. The van der Waals surface area contributed by atoms with Crippen molar-refractivity contribution < 1.29 is 38.3 Å². The monoisotopic (exact) mass is 765 g/mol. The van der Waals surface area contributed by atoms with Gasteiger partial charge in [0.1, 0.15) is 11.5 Å². The summed E-state index contributed by atoms with van der Waals surface area (Å²) in [4.78, 5) is 80.5. The molecule has 5 rings (SSSR count). The number of nitrogen functional groups attached to an aromatic ring is 1. The molecule has 1 atom stereocenters. The molecule has 17 heteroatoms. The van der Waals surface area contributed by atoms with Gasteiger partial charge in [0.15, 0.2) is 11.5 Å². The second kappa shape index (κ2) is 19.9. The number of carbonyl (C=O) groups is 5. The average Bonchev–Trinajstić information content (AvgIpc) is 3.48. The SMILES string of the molecule is CC(CCC(=O)CCCSSCCCC(=O)ON1C(=O)CCC1=O)Oc1ccc(-c2cnc(N)c(C(=O)Nc3cnccc3N3CCOCC3)n2)cc1. The molecule has 1 unspecified atom stereocenters. The van der Waals surface area contributed by atoms with Crippen LogP contribution in [0, 0.1) is 0 Å². The van der Waals surface area contributed by atoms with Gasteiger partial charge in [0.05, 0.1) is 48.8 Å². The van der Waals surface area contributed by atoms with Gasteiger partial charge in [-0.3, -0.25) is 24.2 Å². The van der Waals surface area contributed by atoms with E-state index in [0.29, 0.717) is 79.9 Å². The second-order valence-electron chi connectivity index (χ2n) is 12.4. The van der Waals surface area contributed by atoms with Crippen LogP contribution in [0.5, 0.6) is 5.75 Å². The number of hydrogen-bond donors (Lipinski definition) is 2. The number of rotatable bonds is 19. The fourth-order valence-electron chi connectivity index (χ4n) is 5.46. The predicted octanol–water partition coefficient (Wildman–Crippen LogP) is 4.88. The van der Waals surface area contributed by atoms with Crippen molar-refractivity contribution in [1.82, 2.24) is 20.0 Å². The second-order valence-corrected chi connectivity index (χ2v) is 15.1. The first-order valence-electron chi connectivity index (χ1n) is 17.5. The smallest absolute Gasteiger partial charge is 0.333 e. The third kappa shape index (κ3) is 11.9. The van der Waals surface area contributed by atoms with Gasteiger partial charge in [-0.05, 0) is 56.5 Å². The van der Waals surface area contributed by atoms with E-state index in [4.69, 9.17) is 20.0 Å². The molecular weight excluding hydrogens is 723 g/mol. The third-order valence-corrected chi connectivity index (χ3v) is 10.9. The Bertz CT molecular complexity index is 1740. The maximum absolute atomic E-state index is 13.3. The molecule has 1 aromatic carbocycles. The molecule has 15 nitrogen and oxygen atoms in total. The zero-order valence-electron chi connectivity index (χ0n) is 29.5. The van der Waals surface area contributed by atoms with Gasteiger partial charge in [0.2, 0.25) is 0 Å². The topological polar surface area (TPSA) is 196 Å². The van der Waals surface area contributed by atoms with Crippen molar-refractivity contribution in [1.29, 1.82) is 0 Å². The molecule has 0 saturated carbocycles. The van der Waals surface area contributed by atoms with Gasteiger partial charge in [-0.15, -0.1) is 5.06 Å². The van der Waals surface area contributed by atoms with Gasteiger partial charge >= 0.3 is 5.97 Å². The highest BCUT2D eigenvalue weighted by molar-refractivity contribution is 8.76. The zero-order valence-corrected chi connectivity index (χ0v) is 31.1. The number of morpholine rings is 1. The quantitative estimate of drug-likeness (QED) is 0.0952. The van der Waals surface area contributed by atoms with Gasteiger partial charge < -0.3 is 30.3 Å². The summed E-state index contributed by atoms with van der Waals surface area (Å²) < 4.78 is 11.5. The van der Waals surface area contributed by atoms with Crippen LogP contribution in [-0.2, 0) is 28.8 Å². The van der Waals surface area contributed by atoms with E-state index in [1.807, 2.05) is 37.3 Å². The Kier molecular flexibility index (Phi) is 14.8. The van der Waals surface area contributed by atoms with E-state index in [-0.39, 0.29) is 42.7 Å². The fourth-order valence-corrected chi connectivity index (χ4v) is 7.64. The molecular formula is C36H43N7O8S2. The van der Waals surface area contributed by atoms with Crippen LogP contribution in [0.25, 0.3) is 11.3 Å². The van der Waals surface area contributed by atoms with Gasteiger partial charge in [0, 0.05) is 68.5 Å². The number of nitrogens with zero attached hydrogens (tertiary/aromatic N) is 5. The lowest BCUT2D eigenvalue weighted by Gasteiger charge is -2.30. The number of ether oxygens (including phenoxy) is 2. The summed E-state index contributed by atoms with van der Waals surface area (Å²) in [5.41, 5.74) is 8.65. The average molecular weight is 766 g/mol. The van der Waals surface area contributed by atoms with E-state index in [2.05, 4.69) is 25.2 Å². The van der Waals surface area contributed by atoms with Crippen molar-refractivity contribution in [2.24, 2.45) is 0 Å². The Labute approximate surface area is 315 Å². The molecule has 2 saturated heterocycles. The lowest BCUT2D eigenvalue weighted by atomic mass is 10.1. The van der Waals surface area contributed by atoms with Gasteiger partial charge in [0.25, 0.3) is 17.7 Å². The number of anilines is 3. The van der Waals surface area contributed by atoms with E-state index in [9.17, 15) is 24.0 Å². The van der Waals surface area contributed by atoms with Crippen LogP contribution in [0.3, 0.4) is 0 Å². The normalized spacial score (nSPS) is 15.0. The zero-order chi connectivity index (χ0) is 37.6. The summed E-state index contributed by atoms with van der Waals surface area (Å²) in [6, 6.07) is 9.12. The largest absolute Gasteiger partial charge is 0.491 e. The van der Waals surface area contributed by atoms with E-state index in [1.54, 1.807) is 34.0 Å². The minimum atomic E-state index is -0.592. The van der Waals surface area contributed by atoms with Crippen molar-refractivity contribution in [2.75, 3.05) is 53.8 Å². The molecule has 4 heterocycles. The van der Waals surface area contributed by atoms with Crippen LogP contribution in [-0.4, -0.2) is 93.4 Å². The number of nitrogens with two attached hydrogens (primary N) is 1. The number of aromatic nitrogens is 3. The highest BCUT2D eigenvalue weighted by Gasteiger charge is 2.32. The summed E-state index contributed by atoms with van der Waals surface area (Å²) >= 11 is 0. The first-order chi connectivity index (χ1) is 25.7. The minimum absolute atomic E-state index is 0.00280. The number of hydroxylamine groups is 2. The lowest BCUT2D eigenvalue weighted by Crippen LogP contribution is -2.36. The molecule has 53 heavy (non-hydrogen) atoms. The molecule has 2 aliphatic rings. The number of pyridine rings is 1. The number of amides is 3. The standard InChI is InChI=1S/C36H43N7O8S2/c1-24(6-9-26(44)4-2-20-52-53-21-3-5-33(47)51-43-31(45)12-13-32(43)46)50-27-10-7-25(8-11-27)28-23-39-35(37)34(40-28)36(48)41-29-22-38-15-14-30(29)42-16-18-49-19-17-42/h7-8,10-11,14-15,22-24H,2-6,9,12-13,16-21H2,1H3,(H2,37,39)(H,41,48). The molecule has 2 fully saturated rings. The molecule has 2 aromatic heterocycles.